The smallest absolute Gasteiger partial charge is 0.414 e. The molecule has 2 heterocycles. The van der Waals surface area contributed by atoms with Crippen molar-refractivity contribution in [1.82, 2.24) is 39.3 Å². The van der Waals surface area contributed by atoms with Crippen LogP contribution >= 0.6 is 0 Å². The van der Waals surface area contributed by atoms with Crippen LogP contribution in [0.1, 0.15) is 48.6 Å². The number of carboxylic acid groups (broad SMARTS) is 1. The van der Waals surface area contributed by atoms with E-state index in [4.69, 9.17) is 18.9 Å². The molecule has 2 fully saturated rings. The fourth-order valence-corrected chi connectivity index (χ4v) is 11.8. The summed E-state index contributed by atoms with van der Waals surface area (Å²) in [6.45, 7) is 9.95. The van der Waals surface area contributed by atoms with Crippen LogP contribution in [-0.2, 0) is 68.1 Å². The Bertz CT molecular complexity index is 3400. The number of nitrogens with zero attached hydrogens (tertiary/aromatic N) is 5. The summed E-state index contributed by atoms with van der Waals surface area (Å²) < 4.78 is 78.7. The first-order valence-electron chi connectivity index (χ1n) is 27.4. The molecule has 0 saturated carbocycles. The minimum Gasteiger partial charge on any atom is -0.480 e. The molecule has 0 radical (unpaired) electrons. The van der Waals surface area contributed by atoms with E-state index in [0.717, 1.165) is 16.7 Å². The second kappa shape index (κ2) is 29.6. The van der Waals surface area contributed by atoms with Crippen LogP contribution in [0.4, 0.5) is 14.4 Å². The number of benzene rings is 5. The van der Waals surface area contributed by atoms with Crippen molar-refractivity contribution >= 4 is 62.1 Å². The zero-order chi connectivity index (χ0) is 63.1. The molecule has 4 N–H and O–H groups in total. The minimum atomic E-state index is -4.69. The van der Waals surface area contributed by atoms with E-state index in [-0.39, 0.29) is 66.9 Å². The van der Waals surface area contributed by atoms with Gasteiger partial charge in [-0.25, -0.2) is 49.4 Å². The van der Waals surface area contributed by atoms with Gasteiger partial charge in [0.05, 0.1) is 9.79 Å². The van der Waals surface area contributed by atoms with E-state index >= 15 is 0 Å². The highest BCUT2D eigenvalue weighted by Gasteiger charge is 2.46. The first-order chi connectivity index (χ1) is 40.5. The predicted molar refractivity (Wildman–Crippen MR) is 316 cm³/mol. The molecule has 2 aliphatic rings. The Hall–Kier alpha value is -8.43. The Balaban J connectivity index is 0.000000278. The highest BCUT2D eigenvalue weighted by atomic mass is 32.2. The molecule has 4 atom stereocenters. The van der Waals surface area contributed by atoms with E-state index in [1.807, 2.05) is 13.0 Å². The van der Waals surface area contributed by atoms with Crippen molar-refractivity contribution in [3.05, 3.63) is 155 Å². The van der Waals surface area contributed by atoms with Crippen molar-refractivity contribution in [3.8, 4) is 11.5 Å². The predicted octanol–water partition coefficient (Wildman–Crippen LogP) is 4.97. The Kier molecular flexibility index (Phi) is 22.9. The zero-order valence-corrected chi connectivity index (χ0v) is 51.1. The molecule has 2 aliphatic heterocycles. The zero-order valence-electron chi connectivity index (χ0n) is 49.4. The molecule has 26 heteroatoms. The normalized spacial score (nSPS) is 15.9. The van der Waals surface area contributed by atoms with Crippen LogP contribution in [0.2, 0.25) is 0 Å². The summed E-state index contributed by atoms with van der Waals surface area (Å²) in [6.07, 6.45) is -2.41. The number of sulfonamides is 2. The molecule has 5 aromatic rings. The third kappa shape index (κ3) is 18.3. The molecule has 0 aliphatic carbocycles. The maximum Gasteiger partial charge on any atom is 0.414 e. The summed E-state index contributed by atoms with van der Waals surface area (Å²) >= 11 is 0. The molecule has 5 aromatic carbocycles. The van der Waals surface area contributed by atoms with Gasteiger partial charge in [0.1, 0.15) is 47.9 Å². The molecule has 5 amide bonds. The van der Waals surface area contributed by atoms with E-state index < -0.39 is 91.8 Å². The summed E-state index contributed by atoms with van der Waals surface area (Å²) in [5, 5.41) is 19.4. The maximum atomic E-state index is 14.1. The van der Waals surface area contributed by atoms with Gasteiger partial charge in [0.2, 0.25) is 0 Å². The number of carbonyl (C=O) groups is 7. The molecule has 24 nitrogen and oxygen atoms in total. The van der Waals surface area contributed by atoms with Gasteiger partial charge in [-0.1, -0.05) is 90.0 Å². The summed E-state index contributed by atoms with van der Waals surface area (Å²) in [7, 11) is -3.03. The minimum absolute atomic E-state index is 0.00433. The SMILES string of the molecule is Cc1ccc(S(=O)(=O)N(C(=O)C2CN(C(=O)OCc3ccccc3)CCN2)[C@@H](Cc2ccc(OC(=O)N(C)C)cc2)C(=O)O)cc1.Cc1ccc(S(=O)(=O)N(C(=O)C2CNCCN2)[C@@H](Cc2ccc(OC(=O)N(C)C)cc2)C(=O)OC(C)(C)C)cc1. The van der Waals surface area contributed by atoms with E-state index in [1.165, 1.54) is 89.5 Å². The molecule has 86 heavy (non-hydrogen) atoms. The molecule has 7 rings (SSSR count). The molecule has 0 bridgehead atoms. The van der Waals surface area contributed by atoms with Crippen LogP contribution in [0.5, 0.6) is 11.5 Å². The lowest BCUT2D eigenvalue weighted by molar-refractivity contribution is -0.162. The van der Waals surface area contributed by atoms with Gasteiger partial charge in [0.25, 0.3) is 31.9 Å². The highest BCUT2D eigenvalue weighted by molar-refractivity contribution is 7.90. The van der Waals surface area contributed by atoms with Crippen LogP contribution in [0, 0.1) is 13.8 Å². The number of hydrogen-bond acceptors (Lipinski definition) is 18. The topological polar surface area (TPSA) is 297 Å². The number of nitrogens with one attached hydrogen (secondary N) is 3. The average Bonchev–Trinajstić information content (AvgIpc) is 0.870. The van der Waals surface area contributed by atoms with Gasteiger partial charge in [-0.05, 0) is 99.8 Å². The average molecular weight is 1230 g/mol. The monoisotopic (exact) mass is 1230 g/mol. The van der Waals surface area contributed by atoms with Crippen LogP contribution in [0.25, 0.3) is 0 Å². The maximum absolute atomic E-state index is 14.1. The van der Waals surface area contributed by atoms with Crippen molar-refractivity contribution in [1.29, 1.82) is 0 Å². The summed E-state index contributed by atoms with van der Waals surface area (Å²) in [4.78, 5) is 94.4. The van der Waals surface area contributed by atoms with E-state index in [1.54, 1.807) is 102 Å². The van der Waals surface area contributed by atoms with Gasteiger partial charge in [-0.2, -0.15) is 0 Å². The number of aryl methyl sites for hydroxylation is 2. The Labute approximate surface area is 501 Å². The van der Waals surface area contributed by atoms with Gasteiger partial charge in [0.15, 0.2) is 0 Å². The lowest BCUT2D eigenvalue weighted by atomic mass is 10.0. The van der Waals surface area contributed by atoms with E-state index in [0.29, 0.717) is 32.8 Å². The van der Waals surface area contributed by atoms with Crippen molar-refractivity contribution in [2.45, 2.75) is 93.6 Å². The number of carboxylic acids is 1. The molecule has 0 spiro atoms. The number of piperazine rings is 2. The quantitative estimate of drug-likeness (QED) is 0.0842. The van der Waals surface area contributed by atoms with Crippen LogP contribution < -0.4 is 25.4 Å². The van der Waals surface area contributed by atoms with E-state index in [9.17, 15) is 55.5 Å². The molecular formula is C60H74N8O16S2. The number of amides is 5. The number of ether oxygens (including phenoxy) is 4. The van der Waals surface area contributed by atoms with Crippen molar-refractivity contribution < 1.29 is 74.5 Å². The molecule has 462 valence electrons. The van der Waals surface area contributed by atoms with Crippen LogP contribution in [-0.4, -0.2) is 185 Å². The van der Waals surface area contributed by atoms with Gasteiger partial charge in [-0.15, -0.1) is 0 Å². The first kappa shape index (κ1) is 66.7. The number of rotatable bonds is 18. The number of esters is 1. The van der Waals surface area contributed by atoms with Crippen molar-refractivity contribution in [3.63, 3.8) is 0 Å². The summed E-state index contributed by atoms with van der Waals surface area (Å²) in [5.74, 6) is -3.75. The fourth-order valence-electron chi connectivity index (χ4n) is 8.67. The van der Waals surface area contributed by atoms with Gasteiger partial charge < -0.3 is 54.7 Å². The summed E-state index contributed by atoms with van der Waals surface area (Å²) in [6, 6.07) is 27.5. The standard InChI is InChI=1S/C32H36N4O9S.C28H38N4O7S/c1-22-9-15-26(16-10-22)46(42,43)36(28(30(38)39)19-23-11-13-25(14-12-23)45-31(40)34(2)3)29(37)27-20-35(18-17-33-27)32(41)44-21-24-7-5-4-6-8-24;1-19-7-13-22(14-8-19)40(36,37)32(25(33)23-18-29-15-16-30-23)24(26(34)39-28(2,3)4)17-20-9-11-21(12-10-20)38-27(35)31(5)6/h4-16,27-28,33H,17-21H2,1-3H3,(H,38,39);7-14,23-24,29-30H,15-18H2,1-6H3/t27?,28-;23?,24-/m00/s1. The van der Waals surface area contributed by atoms with Gasteiger partial charge in [0, 0.05) is 80.3 Å². The summed E-state index contributed by atoms with van der Waals surface area (Å²) in [5.41, 5.74) is 2.34. The fraction of sp³-hybridized carbons (Fsp3) is 0.383. The first-order valence-corrected chi connectivity index (χ1v) is 30.3. The van der Waals surface area contributed by atoms with Crippen LogP contribution in [0.15, 0.2) is 137 Å². The van der Waals surface area contributed by atoms with Crippen LogP contribution in [0.3, 0.4) is 0 Å². The molecular weight excluding hydrogens is 1150 g/mol. The number of carbonyl (C=O) groups excluding carboxylic acids is 6. The lowest BCUT2D eigenvalue weighted by Crippen LogP contribution is -2.62. The second-order valence-corrected chi connectivity index (χ2v) is 25.4. The number of aliphatic carboxylic acids is 1. The van der Waals surface area contributed by atoms with E-state index in [2.05, 4.69) is 16.0 Å². The molecule has 2 saturated heterocycles. The molecule has 2 unspecified atom stereocenters. The third-order valence-electron chi connectivity index (χ3n) is 13.2. The Morgan fingerprint density at radius 2 is 1.05 bits per heavy atom. The van der Waals surface area contributed by atoms with Gasteiger partial charge in [-0.3, -0.25) is 9.59 Å². The highest BCUT2D eigenvalue weighted by Crippen LogP contribution is 2.28. The Morgan fingerprint density at radius 3 is 1.49 bits per heavy atom. The lowest BCUT2D eigenvalue weighted by Gasteiger charge is -2.36. The van der Waals surface area contributed by atoms with Crippen molar-refractivity contribution in [2.24, 2.45) is 0 Å². The van der Waals surface area contributed by atoms with Crippen molar-refractivity contribution in [2.75, 3.05) is 67.5 Å². The Morgan fingerprint density at radius 1 is 0.593 bits per heavy atom. The number of hydrogen-bond donors (Lipinski definition) is 4. The molecule has 0 aromatic heterocycles. The largest absolute Gasteiger partial charge is 0.480 e. The third-order valence-corrected chi connectivity index (χ3v) is 16.9. The second-order valence-electron chi connectivity index (χ2n) is 21.7. The van der Waals surface area contributed by atoms with Gasteiger partial charge >= 0.3 is 30.2 Å².